The minimum absolute atomic E-state index is 0.336. The van der Waals surface area contributed by atoms with E-state index in [0.717, 1.165) is 32.4 Å². The molecule has 18 heavy (non-hydrogen) atoms. The summed E-state index contributed by atoms with van der Waals surface area (Å²) >= 11 is 0. The van der Waals surface area contributed by atoms with E-state index in [1.165, 1.54) is 38.6 Å². The molecule has 0 radical (unpaired) electrons. The number of ether oxygens (including phenoxy) is 1. The third-order valence-corrected chi connectivity index (χ3v) is 4.94. The first kappa shape index (κ1) is 12.6. The monoisotopic (exact) mass is 251 g/mol. The zero-order valence-electron chi connectivity index (χ0n) is 11.3. The van der Waals surface area contributed by atoms with Crippen molar-refractivity contribution in [1.82, 2.24) is 4.90 Å². The standard InChI is InChI=1S/C15H25NO2/c17-15-8-2-1-6-13(15)14-7-3-9-16(14)11-12-5-4-10-18-12/h12-14H,1-11H2. The molecule has 3 rings (SSSR count). The molecule has 1 aliphatic carbocycles. The Morgan fingerprint density at radius 2 is 2.06 bits per heavy atom. The number of carbonyl (C=O) groups is 1. The van der Waals surface area contributed by atoms with Crippen LogP contribution < -0.4 is 0 Å². The maximum absolute atomic E-state index is 12.1. The Balaban J connectivity index is 1.60. The van der Waals surface area contributed by atoms with E-state index >= 15 is 0 Å². The highest BCUT2D eigenvalue weighted by Gasteiger charge is 2.37. The molecule has 1 saturated carbocycles. The highest BCUT2D eigenvalue weighted by Crippen LogP contribution is 2.33. The van der Waals surface area contributed by atoms with Crippen LogP contribution in [0.2, 0.25) is 0 Å². The van der Waals surface area contributed by atoms with Crippen molar-refractivity contribution in [1.29, 1.82) is 0 Å². The van der Waals surface area contributed by atoms with Crippen LogP contribution in [0.3, 0.4) is 0 Å². The Morgan fingerprint density at radius 1 is 1.11 bits per heavy atom. The Bertz CT molecular complexity index is 299. The van der Waals surface area contributed by atoms with Crippen molar-refractivity contribution in [2.75, 3.05) is 19.7 Å². The van der Waals surface area contributed by atoms with E-state index in [1.54, 1.807) is 0 Å². The lowest BCUT2D eigenvalue weighted by atomic mass is 9.82. The molecule has 0 aromatic rings. The number of hydrogen-bond donors (Lipinski definition) is 0. The SMILES string of the molecule is O=C1CCCCC1C1CCCN1CC1CCCO1. The maximum atomic E-state index is 12.1. The predicted molar refractivity (Wildman–Crippen MR) is 70.5 cm³/mol. The van der Waals surface area contributed by atoms with Gasteiger partial charge in [0, 0.05) is 31.5 Å². The number of Topliss-reactive ketones (excluding diaryl/α,β-unsaturated/α-hetero) is 1. The molecule has 3 fully saturated rings. The molecule has 0 aromatic heterocycles. The minimum atomic E-state index is 0.336. The quantitative estimate of drug-likeness (QED) is 0.771. The van der Waals surface area contributed by atoms with Gasteiger partial charge >= 0.3 is 0 Å². The van der Waals surface area contributed by atoms with E-state index in [1.807, 2.05) is 0 Å². The van der Waals surface area contributed by atoms with Crippen molar-refractivity contribution in [3.8, 4) is 0 Å². The van der Waals surface area contributed by atoms with E-state index in [-0.39, 0.29) is 0 Å². The maximum Gasteiger partial charge on any atom is 0.137 e. The molecule has 3 atom stereocenters. The van der Waals surface area contributed by atoms with Crippen molar-refractivity contribution >= 4 is 5.78 Å². The van der Waals surface area contributed by atoms with Crippen molar-refractivity contribution in [2.45, 2.75) is 63.5 Å². The first-order valence-corrected chi connectivity index (χ1v) is 7.73. The molecule has 2 aliphatic heterocycles. The molecule has 0 bridgehead atoms. The second kappa shape index (κ2) is 5.70. The van der Waals surface area contributed by atoms with Crippen LogP contribution in [-0.2, 0) is 9.53 Å². The summed E-state index contributed by atoms with van der Waals surface area (Å²) in [7, 11) is 0. The van der Waals surface area contributed by atoms with Crippen LogP contribution in [0, 0.1) is 5.92 Å². The number of carbonyl (C=O) groups excluding carboxylic acids is 1. The van der Waals surface area contributed by atoms with Gasteiger partial charge in [-0.1, -0.05) is 6.42 Å². The number of nitrogens with zero attached hydrogens (tertiary/aromatic N) is 1. The molecule has 3 unspecified atom stereocenters. The molecule has 3 nitrogen and oxygen atoms in total. The second-order valence-electron chi connectivity index (χ2n) is 6.16. The molecular formula is C15H25NO2. The minimum Gasteiger partial charge on any atom is -0.377 e. The molecule has 2 saturated heterocycles. The predicted octanol–water partition coefficient (Wildman–Crippen LogP) is 2.39. The van der Waals surface area contributed by atoms with Gasteiger partial charge in [0.2, 0.25) is 0 Å². The lowest BCUT2D eigenvalue weighted by molar-refractivity contribution is -0.126. The van der Waals surface area contributed by atoms with E-state index in [2.05, 4.69) is 4.90 Å². The summed E-state index contributed by atoms with van der Waals surface area (Å²) < 4.78 is 5.75. The van der Waals surface area contributed by atoms with Crippen LogP contribution in [0.5, 0.6) is 0 Å². The van der Waals surface area contributed by atoms with Crippen LogP contribution in [0.4, 0.5) is 0 Å². The van der Waals surface area contributed by atoms with Gasteiger partial charge in [0.1, 0.15) is 5.78 Å². The highest BCUT2D eigenvalue weighted by molar-refractivity contribution is 5.82. The van der Waals surface area contributed by atoms with Gasteiger partial charge < -0.3 is 4.74 Å². The van der Waals surface area contributed by atoms with Gasteiger partial charge in [0.05, 0.1) is 6.10 Å². The average Bonchev–Trinajstić information content (AvgIpc) is 3.02. The summed E-state index contributed by atoms with van der Waals surface area (Å²) in [5, 5.41) is 0. The molecule has 2 heterocycles. The van der Waals surface area contributed by atoms with Gasteiger partial charge in [-0.05, 0) is 45.1 Å². The highest BCUT2D eigenvalue weighted by atomic mass is 16.5. The van der Waals surface area contributed by atoms with Crippen LogP contribution in [0.15, 0.2) is 0 Å². The molecule has 0 amide bonds. The van der Waals surface area contributed by atoms with Crippen LogP contribution in [0.25, 0.3) is 0 Å². The first-order chi connectivity index (χ1) is 8.84. The fraction of sp³-hybridized carbons (Fsp3) is 0.933. The summed E-state index contributed by atoms with van der Waals surface area (Å²) in [6, 6.07) is 0.530. The zero-order valence-corrected chi connectivity index (χ0v) is 11.3. The zero-order chi connectivity index (χ0) is 12.4. The summed E-state index contributed by atoms with van der Waals surface area (Å²) in [5.74, 6) is 0.869. The lowest BCUT2D eigenvalue weighted by Gasteiger charge is -2.34. The summed E-state index contributed by atoms with van der Waals surface area (Å²) in [6.45, 7) is 3.17. The smallest absolute Gasteiger partial charge is 0.137 e. The van der Waals surface area contributed by atoms with Crippen LogP contribution in [0.1, 0.15) is 51.4 Å². The Hall–Kier alpha value is -0.410. The normalized spacial score (nSPS) is 38.4. The van der Waals surface area contributed by atoms with Crippen LogP contribution in [-0.4, -0.2) is 42.5 Å². The van der Waals surface area contributed by atoms with Gasteiger partial charge in [-0.25, -0.2) is 0 Å². The van der Waals surface area contributed by atoms with Gasteiger partial charge in [-0.3, -0.25) is 9.69 Å². The molecule has 0 aromatic carbocycles. The van der Waals surface area contributed by atoms with Crippen molar-refractivity contribution in [3.05, 3.63) is 0 Å². The Labute approximate surface area is 110 Å². The fourth-order valence-corrected chi connectivity index (χ4v) is 4.00. The molecule has 3 aliphatic rings. The number of rotatable bonds is 3. The molecule has 3 heteroatoms. The third kappa shape index (κ3) is 2.62. The topological polar surface area (TPSA) is 29.5 Å². The van der Waals surface area contributed by atoms with E-state index in [9.17, 15) is 4.79 Å². The summed E-state index contributed by atoms with van der Waals surface area (Å²) in [4.78, 5) is 14.7. The molecular weight excluding hydrogens is 226 g/mol. The fourth-order valence-electron chi connectivity index (χ4n) is 4.00. The van der Waals surface area contributed by atoms with E-state index in [4.69, 9.17) is 4.74 Å². The van der Waals surface area contributed by atoms with Crippen molar-refractivity contribution < 1.29 is 9.53 Å². The summed E-state index contributed by atoms with van der Waals surface area (Å²) in [5.41, 5.74) is 0. The van der Waals surface area contributed by atoms with Gasteiger partial charge in [-0.2, -0.15) is 0 Å². The van der Waals surface area contributed by atoms with Gasteiger partial charge in [-0.15, -0.1) is 0 Å². The molecule has 0 N–H and O–H groups in total. The van der Waals surface area contributed by atoms with E-state index in [0.29, 0.717) is 23.8 Å². The second-order valence-corrected chi connectivity index (χ2v) is 6.16. The number of hydrogen-bond acceptors (Lipinski definition) is 3. The van der Waals surface area contributed by atoms with E-state index < -0.39 is 0 Å². The number of likely N-dealkylation sites (tertiary alicyclic amines) is 1. The van der Waals surface area contributed by atoms with Gasteiger partial charge in [0.25, 0.3) is 0 Å². The third-order valence-electron chi connectivity index (χ3n) is 4.94. The van der Waals surface area contributed by atoms with Crippen molar-refractivity contribution in [3.63, 3.8) is 0 Å². The first-order valence-electron chi connectivity index (χ1n) is 7.73. The Kier molecular flexibility index (Phi) is 4.00. The van der Waals surface area contributed by atoms with Crippen LogP contribution >= 0.6 is 0 Å². The van der Waals surface area contributed by atoms with Crippen molar-refractivity contribution in [2.24, 2.45) is 5.92 Å². The largest absolute Gasteiger partial charge is 0.377 e. The Morgan fingerprint density at radius 3 is 2.83 bits per heavy atom. The summed E-state index contributed by atoms with van der Waals surface area (Å²) in [6.07, 6.45) is 9.68. The number of ketones is 1. The molecule has 0 spiro atoms. The van der Waals surface area contributed by atoms with Gasteiger partial charge in [0.15, 0.2) is 0 Å². The lowest BCUT2D eigenvalue weighted by Crippen LogP contribution is -2.43. The average molecular weight is 251 g/mol. The molecule has 102 valence electrons.